The van der Waals surface area contributed by atoms with Crippen LogP contribution in [0.5, 0.6) is 0 Å². The minimum atomic E-state index is 0.665. The van der Waals surface area contributed by atoms with Crippen molar-refractivity contribution in [1.29, 1.82) is 5.26 Å². The number of aryl methyl sites for hydroxylation is 1. The first-order chi connectivity index (χ1) is 15.2. The average molecular weight is 411 g/mol. The van der Waals surface area contributed by atoms with E-state index in [9.17, 15) is 5.26 Å². The van der Waals surface area contributed by atoms with Crippen molar-refractivity contribution in [3.63, 3.8) is 0 Å². The maximum atomic E-state index is 9.17. The lowest BCUT2D eigenvalue weighted by molar-refractivity contribution is 0.281. The van der Waals surface area contributed by atoms with Crippen molar-refractivity contribution in [2.24, 2.45) is 7.05 Å². The second-order valence-electron chi connectivity index (χ2n) is 8.13. The number of hydrogen-bond acceptors (Lipinski definition) is 4. The lowest BCUT2D eigenvalue weighted by Crippen LogP contribution is -2.28. The Hall–Kier alpha value is -3.40. The van der Waals surface area contributed by atoms with Crippen LogP contribution in [0.25, 0.3) is 28.2 Å². The zero-order valence-electron chi connectivity index (χ0n) is 17.8. The van der Waals surface area contributed by atoms with E-state index in [4.69, 9.17) is 4.98 Å². The number of imidazole rings is 1. The summed E-state index contributed by atoms with van der Waals surface area (Å²) in [4.78, 5) is 7.51. The van der Waals surface area contributed by atoms with E-state index in [1.165, 1.54) is 17.0 Å². The van der Waals surface area contributed by atoms with Crippen molar-refractivity contribution < 1.29 is 0 Å². The largest absolute Gasteiger partial charge is 0.351 e. The Labute approximate surface area is 182 Å². The number of nitrogens with one attached hydrogen (secondary N) is 1. The highest BCUT2D eigenvalue weighted by atomic mass is 15.2. The summed E-state index contributed by atoms with van der Waals surface area (Å²) in [6.07, 6.45) is 5.43. The number of pyridine rings is 1. The topological polar surface area (TPSA) is 61.3 Å². The van der Waals surface area contributed by atoms with E-state index in [1.807, 2.05) is 24.3 Å². The molecule has 1 aliphatic heterocycles. The third kappa shape index (κ3) is 3.86. The van der Waals surface area contributed by atoms with Gasteiger partial charge >= 0.3 is 0 Å². The molecule has 0 bridgehead atoms. The van der Waals surface area contributed by atoms with Crippen LogP contribution >= 0.6 is 0 Å². The SMILES string of the molecule is Cn1cccc1-c1ccc2nc(-c3ccc(C#N)cc3)c(CN3CCCNCC3)n2c1. The molecule has 3 aromatic heterocycles. The van der Waals surface area contributed by atoms with Gasteiger partial charge in [-0.15, -0.1) is 0 Å². The van der Waals surface area contributed by atoms with E-state index in [2.05, 4.69) is 69.0 Å². The summed E-state index contributed by atoms with van der Waals surface area (Å²) in [5.41, 5.74) is 7.19. The van der Waals surface area contributed by atoms with E-state index in [0.29, 0.717) is 5.56 Å². The molecule has 6 nitrogen and oxygen atoms in total. The first-order valence-electron chi connectivity index (χ1n) is 10.8. The highest BCUT2D eigenvalue weighted by Gasteiger charge is 2.19. The maximum Gasteiger partial charge on any atom is 0.137 e. The quantitative estimate of drug-likeness (QED) is 0.558. The molecule has 4 heterocycles. The second kappa shape index (κ2) is 8.38. The molecule has 1 saturated heterocycles. The van der Waals surface area contributed by atoms with Crippen LogP contribution in [0.1, 0.15) is 17.7 Å². The van der Waals surface area contributed by atoms with E-state index < -0.39 is 0 Å². The van der Waals surface area contributed by atoms with Gasteiger partial charge in [-0.25, -0.2) is 4.98 Å². The van der Waals surface area contributed by atoms with Crippen molar-refractivity contribution in [1.82, 2.24) is 24.2 Å². The monoisotopic (exact) mass is 410 g/mol. The molecule has 0 unspecified atom stereocenters. The molecule has 0 aliphatic carbocycles. The van der Waals surface area contributed by atoms with Gasteiger partial charge in [-0.3, -0.25) is 4.90 Å². The number of hydrogen-bond donors (Lipinski definition) is 1. The molecule has 1 aromatic carbocycles. The highest BCUT2D eigenvalue weighted by molar-refractivity contribution is 5.69. The molecule has 156 valence electrons. The van der Waals surface area contributed by atoms with Crippen LogP contribution in [0.15, 0.2) is 60.9 Å². The van der Waals surface area contributed by atoms with Crippen molar-refractivity contribution in [2.45, 2.75) is 13.0 Å². The number of benzene rings is 1. The summed E-state index contributed by atoms with van der Waals surface area (Å²) in [5.74, 6) is 0. The smallest absolute Gasteiger partial charge is 0.137 e. The fourth-order valence-electron chi connectivity index (χ4n) is 4.36. The highest BCUT2D eigenvalue weighted by Crippen LogP contribution is 2.29. The average Bonchev–Trinajstić information content (AvgIpc) is 3.28. The molecule has 0 saturated carbocycles. The minimum absolute atomic E-state index is 0.665. The van der Waals surface area contributed by atoms with Crippen LogP contribution in [0.3, 0.4) is 0 Å². The zero-order valence-corrected chi connectivity index (χ0v) is 17.8. The molecule has 6 heteroatoms. The van der Waals surface area contributed by atoms with Crippen LogP contribution in [0, 0.1) is 11.3 Å². The lowest BCUT2D eigenvalue weighted by Gasteiger charge is -2.20. The van der Waals surface area contributed by atoms with Gasteiger partial charge in [0.05, 0.1) is 23.0 Å². The summed E-state index contributed by atoms with van der Waals surface area (Å²) < 4.78 is 4.38. The summed E-state index contributed by atoms with van der Waals surface area (Å²) in [6, 6.07) is 18.4. The van der Waals surface area contributed by atoms with Gasteiger partial charge in [0.15, 0.2) is 0 Å². The van der Waals surface area contributed by atoms with E-state index >= 15 is 0 Å². The Morgan fingerprint density at radius 3 is 2.65 bits per heavy atom. The van der Waals surface area contributed by atoms with E-state index in [0.717, 1.165) is 56.0 Å². The molecule has 0 atom stereocenters. The van der Waals surface area contributed by atoms with Gasteiger partial charge in [0.1, 0.15) is 5.65 Å². The number of nitriles is 1. The Morgan fingerprint density at radius 1 is 1.03 bits per heavy atom. The van der Waals surface area contributed by atoms with Crippen molar-refractivity contribution in [3.05, 3.63) is 72.2 Å². The summed E-state index contributed by atoms with van der Waals surface area (Å²) in [5, 5.41) is 12.7. The summed E-state index contributed by atoms with van der Waals surface area (Å²) in [7, 11) is 2.07. The molecule has 1 N–H and O–H groups in total. The Balaban J connectivity index is 1.63. The third-order valence-corrected chi connectivity index (χ3v) is 6.05. The standard InChI is InChI=1S/C25H26N6/c1-29-13-2-4-22(29)21-9-10-24-28-25(20-7-5-19(16-26)6-8-20)23(31(24)17-21)18-30-14-3-11-27-12-15-30/h2,4-10,13,17,27H,3,11-12,14-15,18H2,1H3. The molecule has 0 spiro atoms. The minimum Gasteiger partial charge on any atom is -0.351 e. The normalized spacial score (nSPS) is 15.1. The number of rotatable bonds is 4. The number of nitrogens with zero attached hydrogens (tertiary/aromatic N) is 5. The Bertz CT molecular complexity index is 1230. The summed E-state index contributed by atoms with van der Waals surface area (Å²) >= 11 is 0. The van der Waals surface area contributed by atoms with Crippen molar-refractivity contribution >= 4 is 5.65 Å². The molecular formula is C25H26N6. The predicted molar refractivity (Wildman–Crippen MR) is 123 cm³/mol. The fraction of sp³-hybridized carbons (Fsp3) is 0.280. The van der Waals surface area contributed by atoms with E-state index in [1.54, 1.807) is 0 Å². The van der Waals surface area contributed by atoms with Gasteiger partial charge in [-0.05, 0) is 55.9 Å². The van der Waals surface area contributed by atoms with Gasteiger partial charge in [0.2, 0.25) is 0 Å². The molecule has 5 rings (SSSR count). The zero-order chi connectivity index (χ0) is 21.2. The van der Waals surface area contributed by atoms with Gasteiger partial charge in [0.25, 0.3) is 0 Å². The third-order valence-electron chi connectivity index (χ3n) is 6.05. The first-order valence-corrected chi connectivity index (χ1v) is 10.8. The van der Waals surface area contributed by atoms with Crippen molar-refractivity contribution in [2.75, 3.05) is 26.2 Å². The summed E-state index contributed by atoms with van der Waals surface area (Å²) in [6.45, 7) is 5.03. The molecule has 4 aromatic rings. The van der Waals surface area contributed by atoms with Gasteiger partial charge in [0, 0.05) is 55.9 Å². The first kappa shape index (κ1) is 19.6. The van der Waals surface area contributed by atoms with E-state index in [-0.39, 0.29) is 0 Å². The van der Waals surface area contributed by atoms with Crippen LogP contribution in [-0.4, -0.2) is 45.0 Å². The van der Waals surface area contributed by atoms with Gasteiger partial charge < -0.3 is 14.3 Å². The van der Waals surface area contributed by atoms with Crippen LogP contribution in [-0.2, 0) is 13.6 Å². The molecular weight excluding hydrogens is 384 g/mol. The fourth-order valence-corrected chi connectivity index (χ4v) is 4.36. The number of aromatic nitrogens is 3. The van der Waals surface area contributed by atoms with Gasteiger partial charge in [-0.1, -0.05) is 12.1 Å². The van der Waals surface area contributed by atoms with Crippen LogP contribution in [0.4, 0.5) is 0 Å². The predicted octanol–water partition coefficient (Wildman–Crippen LogP) is 3.67. The van der Waals surface area contributed by atoms with Gasteiger partial charge in [-0.2, -0.15) is 5.26 Å². The van der Waals surface area contributed by atoms with Crippen LogP contribution < -0.4 is 5.32 Å². The molecule has 0 radical (unpaired) electrons. The van der Waals surface area contributed by atoms with Crippen LogP contribution in [0.2, 0.25) is 0 Å². The molecule has 1 fully saturated rings. The van der Waals surface area contributed by atoms with Crippen molar-refractivity contribution in [3.8, 4) is 28.6 Å². The Morgan fingerprint density at radius 2 is 1.87 bits per heavy atom. The molecule has 31 heavy (non-hydrogen) atoms. The molecule has 1 aliphatic rings. The second-order valence-corrected chi connectivity index (χ2v) is 8.13. The maximum absolute atomic E-state index is 9.17. The Kier molecular flexibility index (Phi) is 5.29. The number of fused-ring (bicyclic) bond motifs is 1. The molecule has 0 amide bonds. The lowest BCUT2D eigenvalue weighted by atomic mass is 10.1.